The molecular formula is C30H46N2O. The van der Waals surface area contributed by atoms with Crippen molar-refractivity contribution in [2.24, 2.45) is 11.8 Å². The lowest BCUT2D eigenvalue weighted by Gasteiger charge is -2.32. The first-order chi connectivity index (χ1) is 16.3. The van der Waals surface area contributed by atoms with Gasteiger partial charge in [0.05, 0.1) is 6.61 Å². The Labute approximate surface area is 202 Å². The summed E-state index contributed by atoms with van der Waals surface area (Å²) in [7, 11) is 0. The van der Waals surface area contributed by atoms with E-state index in [0.29, 0.717) is 0 Å². The monoisotopic (exact) mass is 450 g/mol. The second-order valence-electron chi connectivity index (χ2n) is 10.0. The molecule has 1 saturated carbocycles. The summed E-state index contributed by atoms with van der Waals surface area (Å²) in [6.07, 6.45) is 24.3. The van der Waals surface area contributed by atoms with Crippen molar-refractivity contribution in [2.45, 2.75) is 110 Å². The van der Waals surface area contributed by atoms with Crippen molar-refractivity contribution in [1.82, 2.24) is 9.97 Å². The lowest BCUT2D eigenvalue weighted by atomic mass is 9.74. The molecule has 1 aliphatic rings. The van der Waals surface area contributed by atoms with E-state index in [1.807, 2.05) is 12.4 Å². The van der Waals surface area contributed by atoms with Gasteiger partial charge >= 0.3 is 0 Å². The molecule has 182 valence electrons. The Morgan fingerprint density at radius 3 is 2.06 bits per heavy atom. The highest BCUT2D eigenvalue weighted by Gasteiger charge is 2.24. The van der Waals surface area contributed by atoms with Crippen LogP contribution in [-0.2, 0) is 6.42 Å². The van der Waals surface area contributed by atoms with Crippen LogP contribution in [0.15, 0.2) is 36.7 Å². The van der Waals surface area contributed by atoms with Gasteiger partial charge in [-0.1, -0.05) is 90.9 Å². The van der Waals surface area contributed by atoms with Gasteiger partial charge in [0.1, 0.15) is 5.75 Å². The fourth-order valence-corrected chi connectivity index (χ4v) is 5.39. The molecule has 0 amide bonds. The molecule has 0 radical (unpaired) electrons. The van der Waals surface area contributed by atoms with Gasteiger partial charge in [0.15, 0.2) is 5.82 Å². The average molecular weight is 451 g/mol. The highest BCUT2D eigenvalue weighted by atomic mass is 16.5. The van der Waals surface area contributed by atoms with Crippen LogP contribution in [0.1, 0.15) is 109 Å². The average Bonchev–Trinajstić information content (AvgIpc) is 2.86. The molecule has 1 fully saturated rings. The molecule has 1 aliphatic carbocycles. The third kappa shape index (κ3) is 9.10. The summed E-state index contributed by atoms with van der Waals surface area (Å²) in [5.74, 6) is 3.63. The molecule has 3 rings (SSSR count). The van der Waals surface area contributed by atoms with E-state index in [1.165, 1.54) is 89.0 Å². The zero-order valence-corrected chi connectivity index (χ0v) is 21.2. The number of ether oxygens (including phenoxy) is 1. The summed E-state index contributed by atoms with van der Waals surface area (Å²) in [5, 5.41) is 0. The first kappa shape index (κ1) is 25.7. The molecule has 3 heteroatoms. The number of aromatic nitrogens is 2. The second-order valence-corrected chi connectivity index (χ2v) is 10.0. The van der Waals surface area contributed by atoms with Gasteiger partial charge in [0, 0.05) is 18.0 Å². The summed E-state index contributed by atoms with van der Waals surface area (Å²) >= 11 is 0. The molecule has 0 spiro atoms. The minimum Gasteiger partial charge on any atom is -0.494 e. The van der Waals surface area contributed by atoms with Crippen LogP contribution >= 0.6 is 0 Å². The van der Waals surface area contributed by atoms with Crippen LogP contribution in [0, 0.1) is 11.8 Å². The van der Waals surface area contributed by atoms with Crippen LogP contribution in [0.4, 0.5) is 0 Å². The zero-order valence-electron chi connectivity index (χ0n) is 21.2. The third-order valence-electron chi connectivity index (χ3n) is 7.34. The smallest absolute Gasteiger partial charge is 0.159 e. The Morgan fingerprint density at radius 1 is 0.758 bits per heavy atom. The van der Waals surface area contributed by atoms with Crippen molar-refractivity contribution in [3.63, 3.8) is 0 Å². The summed E-state index contributed by atoms with van der Waals surface area (Å²) < 4.78 is 6.07. The van der Waals surface area contributed by atoms with Crippen LogP contribution in [-0.4, -0.2) is 16.6 Å². The first-order valence-electron chi connectivity index (χ1n) is 13.8. The Kier molecular flexibility index (Phi) is 11.8. The van der Waals surface area contributed by atoms with Crippen LogP contribution in [0.5, 0.6) is 5.75 Å². The maximum atomic E-state index is 6.07. The highest BCUT2D eigenvalue weighted by Crippen LogP contribution is 2.36. The molecule has 0 aliphatic heterocycles. The summed E-state index contributed by atoms with van der Waals surface area (Å²) in [6, 6.07) is 8.25. The molecule has 1 aromatic carbocycles. The number of hydrogen-bond donors (Lipinski definition) is 0. The lowest BCUT2D eigenvalue weighted by molar-refractivity contribution is 0.190. The van der Waals surface area contributed by atoms with E-state index in [0.717, 1.165) is 48.4 Å². The van der Waals surface area contributed by atoms with Crippen molar-refractivity contribution < 1.29 is 4.74 Å². The highest BCUT2D eigenvalue weighted by molar-refractivity contribution is 5.55. The Morgan fingerprint density at radius 2 is 1.39 bits per heavy atom. The molecule has 2 aromatic rings. The predicted molar refractivity (Wildman–Crippen MR) is 140 cm³/mol. The van der Waals surface area contributed by atoms with Gasteiger partial charge in [-0.3, -0.25) is 0 Å². The van der Waals surface area contributed by atoms with Crippen LogP contribution in [0.3, 0.4) is 0 Å². The van der Waals surface area contributed by atoms with Crippen LogP contribution < -0.4 is 4.74 Å². The molecule has 2 unspecified atom stereocenters. The standard InChI is InChI=1S/C30H46N2O/c1-3-5-6-7-8-9-14-26-15-10-11-16-27(26)17-12-22-33-29-20-18-28(19-21-29)30-31-23-25(13-4-2)24-32-30/h18-21,23-24,26-27H,3-17,22H2,1-2H3. The van der Waals surface area contributed by atoms with Crippen molar-refractivity contribution in [3.8, 4) is 17.1 Å². The topological polar surface area (TPSA) is 35.0 Å². The van der Waals surface area contributed by atoms with Gasteiger partial charge in [-0.25, -0.2) is 9.97 Å². The third-order valence-corrected chi connectivity index (χ3v) is 7.34. The quantitative estimate of drug-likeness (QED) is 0.254. The maximum absolute atomic E-state index is 6.07. The van der Waals surface area contributed by atoms with E-state index < -0.39 is 0 Å². The minimum atomic E-state index is 0.787. The predicted octanol–water partition coefficient (Wildman–Crippen LogP) is 8.81. The van der Waals surface area contributed by atoms with Crippen LogP contribution in [0.2, 0.25) is 0 Å². The normalized spacial score (nSPS) is 18.4. The van der Waals surface area contributed by atoms with Gasteiger partial charge in [-0.05, 0) is 60.9 Å². The molecular weight excluding hydrogens is 404 g/mol. The van der Waals surface area contributed by atoms with Gasteiger partial charge in [0.25, 0.3) is 0 Å². The van der Waals surface area contributed by atoms with Gasteiger partial charge < -0.3 is 4.74 Å². The Bertz CT molecular complexity index is 756. The zero-order chi connectivity index (χ0) is 23.1. The first-order valence-corrected chi connectivity index (χ1v) is 13.8. The van der Waals surface area contributed by atoms with E-state index >= 15 is 0 Å². The van der Waals surface area contributed by atoms with Gasteiger partial charge in [0.2, 0.25) is 0 Å². The van der Waals surface area contributed by atoms with Crippen LogP contribution in [0.25, 0.3) is 11.4 Å². The molecule has 0 N–H and O–H groups in total. The van der Waals surface area contributed by atoms with Crippen molar-refractivity contribution >= 4 is 0 Å². The number of unbranched alkanes of at least 4 members (excludes halogenated alkanes) is 5. The lowest BCUT2D eigenvalue weighted by Crippen LogP contribution is -2.20. The number of benzene rings is 1. The van der Waals surface area contributed by atoms with E-state index in [2.05, 4.69) is 48.1 Å². The molecule has 3 nitrogen and oxygen atoms in total. The fraction of sp³-hybridized carbons (Fsp3) is 0.667. The number of hydrogen-bond acceptors (Lipinski definition) is 3. The van der Waals surface area contributed by atoms with Crippen molar-refractivity contribution in [1.29, 1.82) is 0 Å². The summed E-state index contributed by atoms with van der Waals surface area (Å²) in [5.41, 5.74) is 2.25. The summed E-state index contributed by atoms with van der Waals surface area (Å²) in [6.45, 7) is 5.30. The number of nitrogens with zero attached hydrogens (tertiary/aromatic N) is 2. The molecule has 33 heavy (non-hydrogen) atoms. The van der Waals surface area contributed by atoms with E-state index in [-0.39, 0.29) is 0 Å². The largest absolute Gasteiger partial charge is 0.494 e. The molecule has 0 bridgehead atoms. The van der Waals surface area contributed by atoms with E-state index in [1.54, 1.807) is 0 Å². The van der Waals surface area contributed by atoms with Gasteiger partial charge in [-0.2, -0.15) is 0 Å². The Hall–Kier alpha value is -1.90. The second kappa shape index (κ2) is 15.1. The number of rotatable bonds is 15. The molecule has 1 heterocycles. The minimum absolute atomic E-state index is 0.787. The fourth-order valence-electron chi connectivity index (χ4n) is 5.39. The Balaban J connectivity index is 1.36. The SMILES string of the molecule is CCCCCCCCC1CCCCC1CCCOc1ccc(-c2ncc(CCC)cn2)cc1. The molecule has 1 aromatic heterocycles. The van der Waals surface area contributed by atoms with Crippen molar-refractivity contribution in [3.05, 3.63) is 42.2 Å². The van der Waals surface area contributed by atoms with E-state index in [9.17, 15) is 0 Å². The molecule has 2 atom stereocenters. The van der Waals surface area contributed by atoms with E-state index in [4.69, 9.17) is 4.74 Å². The molecule has 0 saturated heterocycles. The summed E-state index contributed by atoms with van der Waals surface area (Å²) in [4.78, 5) is 9.04. The van der Waals surface area contributed by atoms with Crippen molar-refractivity contribution in [2.75, 3.05) is 6.61 Å². The maximum Gasteiger partial charge on any atom is 0.159 e. The number of aryl methyl sites for hydroxylation is 1. The van der Waals surface area contributed by atoms with Gasteiger partial charge in [-0.15, -0.1) is 0 Å².